The van der Waals surface area contributed by atoms with Gasteiger partial charge in [-0.15, -0.1) is 11.3 Å². The lowest BCUT2D eigenvalue weighted by molar-refractivity contribution is 0.887. The van der Waals surface area contributed by atoms with E-state index in [1.54, 1.807) is 0 Å². The first-order valence-corrected chi connectivity index (χ1v) is 6.44. The van der Waals surface area contributed by atoms with Crippen LogP contribution in [-0.2, 0) is 6.42 Å². The summed E-state index contributed by atoms with van der Waals surface area (Å²) in [6, 6.07) is 13.0. The van der Waals surface area contributed by atoms with E-state index in [1.165, 1.54) is 16.1 Å². The van der Waals surface area contributed by atoms with Crippen molar-refractivity contribution in [1.82, 2.24) is 0 Å². The van der Waals surface area contributed by atoms with Gasteiger partial charge in [-0.1, -0.05) is 23.8 Å². The van der Waals surface area contributed by atoms with Gasteiger partial charge in [-0.3, -0.25) is 0 Å². The predicted molar refractivity (Wildman–Crippen MR) is 72.5 cm³/mol. The Morgan fingerprint density at radius 3 is 2.50 bits per heavy atom. The molecule has 84 valence electrons. The molecule has 1 aromatic heterocycles. The Balaban J connectivity index is 1.93. The number of anilines is 1. The quantitative estimate of drug-likeness (QED) is 0.775. The minimum atomic E-state index is 1.07. The zero-order valence-corrected chi connectivity index (χ0v) is 10.6. The fourth-order valence-corrected chi connectivity index (χ4v) is 2.36. The van der Waals surface area contributed by atoms with E-state index >= 15 is 0 Å². The second-order valence-electron chi connectivity index (χ2n) is 4.09. The van der Waals surface area contributed by atoms with Crippen molar-refractivity contribution in [3.05, 3.63) is 52.2 Å². The molecule has 16 heavy (non-hydrogen) atoms. The average molecular weight is 231 g/mol. The molecular formula is C14H17NS. The van der Waals surface area contributed by atoms with Crippen LogP contribution in [-0.4, -0.2) is 13.6 Å². The van der Waals surface area contributed by atoms with E-state index in [-0.39, 0.29) is 0 Å². The van der Waals surface area contributed by atoms with E-state index < -0.39 is 0 Å². The molecule has 0 saturated heterocycles. The van der Waals surface area contributed by atoms with Gasteiger partial charge in [0.15, 0.2) is 0 Å². The molecule has 0 saturated carbocycles. The van der Waals surface area contributed by atoms with E-state index in [4.69, 9.17) is 0 Å². The van der Waals surface area contributed by atoms with Crippen molar-refractivity contribution in [2.24, 2.45) is 0 Å². The standard InChI is InChI=1S/C14H17NS/c1-12-5-7-13(8-6-12)15(2)10-9-14-4-3-11-16-14/h3-8,11H,9-10H2,1-2H3. The van der Waals surface area contributed by atoms with E-state index in [2.05, 4.69) is 60.6 Å². The maximum Gasteiger partial charge on any atom is 0.0363 e. The van der Waals surface area contributed by atoms with Gasteiger partial charge < -0.3 is 4.90 Å². The topological polar surface area (TPSA) is 3.24 Å². The monoisotopic (exact) mass is 231 g/mol. The van der Waals surface area contributed by atoms with Crippen LogP contribution in [0.15, 0.2) is 41.8 Å². The summed E-state index contributed by atoms with van der Waals surface area (Å²) in [7, 11) is 2.15. The van der Waals surface area contributed by atoms with Crippen molar-refractivity contribution in [2.45, 2.75) is 13.3 Å². The lowest BCUT2D eigenvalue weighted by Crippen LogP contribution is -2.19. The predicted octanol–water partition coefficient (Wildman–Crippen LogP) is 3.74. The van der Waals surface area contributed by atoms with Gasteiger partial charge in [-0.25, -0.2) is 0 Å². The summed E-state index contributed by atoms with van der Waals surface area (Å²) in [5.74, 6) is 0. The number of nitrogens with zero attached hydrogens (tertiary/aromatic N) is 1. The third-order valence-electron chi connectivity index (χ3n) is 2.75. The molecule has 0 aliphatic carbocycles. The first kappa shape index (κ1) is 11.2. The number of hydrogen-bond donors (Lipinski definition) is 0. The largest absolute Gasteiger partial charge is 0.374 e. The van der Waals surface area contributed by atoms with E-state index in [0.29, 0.717) is 0 Å². The van der Waals surface area contributed by atoms with E-state index in [0.717, 1.165) is 13.0 Å². The molecule has 0 unspecified atom stereocenters. The Hall–Kier alpha value is -1.28. The Morgan fingerprint density at radius 1 is 1.12 bits per heavy atom. The summed E-state index contributed by atoms with van der Waals surface area (Å²) < 4.78 is 0. The van der Waals surface area contributed by atoms with Gasteiger partial charge in [0.2, 0.25) is 0 Å². The summed E-state index contributed by atoms with van der Waals surface area (Å²) in [5, 5.41) is 2.14. The van der Waals surface area contributed by atoms with Crippen molar-refractivity contribution in [2.75, 3.05) is 18.5 Å². The normalized spacial score (nSPS) is 10.4. The number of likely N-dealkylation sites (N-methyl/N-ethyl adjacent to an activating group) is 1. The summed E-state index contributed by atoms with van der Waals surface area (Å²) in [4.78, 5) is 3.76. The zero-order valence-electron chi connectivity index (χ0n) is 9.81. The second-order valence-corrected chi connectivity index (χ2v) is 5.12. The second kappa shape index (κ2) is 5.17. The fraction of sp³-hybridized carbons (Fsp3) is 0.286. The highest BCUT2D eigenvalue weighted by Gasteiger charge is 2.01. The molecule has 1 aromatic carbocycles. The molecule has 2 rings (SSSR count). The fourth-order valence-electron chi connectivity index (χ4n) is 1.66. The van der Waals surface area contributed by atoms with Gasteiger partial charge in [0, 0.05) is 24.2 Å². The van der Waals surface area contributed by atoms with Crippen LogP contribution in [0.1, 0.15) is 10.4 Å². The van der Waals surface area contributed by atoms with Crippen molar-refractivity contribution in [3.63, 3.8) is 0 Å². The molecule has 1 nitrogen and oxygen atoms in total. The zero-order chi connectivity index (χ0) is 11.4. The molecule has 0 amide bonds. The van der Waals surface area contributed by atoms with Gasteiger partial charge in [-0.2, -0.15) is 0 Å². The summed E-state index contributed by atoms with van der Waals surface area (Å²) in [5.41, 5.74) is 2.61. The highest BCUT2D eigenvalue weighted by Crippen LogP contribution is 2.15. The van der Waals surface area contributed by atoms with Crippen LogP contribution in [0.5, 0.6) is 0 Å². The SMILES string of the molecule is Cc1ccc(N(C)CCc2cccs2)cc1. The molecule has 0 aliphatic rings. The molecule has 0 fully saturated rings. The Bertz CT molecular complexity index is 417. The van der Waals surface area contributed by atoms with Crippen molar-refractivity contribution in [1.29, 1.82) is 0 Å². The van der Waals surface area contributed by atoms with Crippen LogP contribution in [0, 0.1) is 6.92 Å². The molecule has 0 bridgehead atoms. The van der Waals surface area contributed by atoms with E-state index in [9.17, 15) is 0 Å². The number of aryl methyl sites for hydroxylation is 1. The van der Waals surface area contributed by atoms with Gasteiger partial charge in [0.05, 0.1) is 0 Å². The number of rotatable bonds is 4. The number of thiophene rings is 1. The molecule has 0 aliphatic heterocycles. The molecule has 0 radical (unpaired) electrons. The molecule has 2 heteroatoms. The highest BCUT2D eigenvalue weighted by molar-refractivity contribution is 7.09. The number of benzene rings is 1. The molecule has 2 aromatic rings. The average Bonchev–Trinajstić information content (AvgIpc) is 2.80. The Kier molecular flexibility index (Phi) is 3.62. The van der Waals surface area contributed by atoms with Gasteiger partial charge in [-0.05, 0) is 36.9 Å². The van der Waals surface area contributed by atoms with Crippen LogP contribution in [0.4, 0.5) is 5.69 Å². The summed E-state index contributed by atoms with van der Waals surface area (Å²) >= 11 is 1.84. The van der Waals surface area contributed by atoms with Crippen LogP contribution in [0.2, 0.25) is 0 Å². The van der Waals surface area contributed by atoms with Crippen LogP contribution >= 0.6 is 11.3 Å². The first-order valence-electron chi connectivity index (χ1n) is 5.56. The van der Waals surface area contributed by atoms with Gasteiger partial charge in [0.25, 0.3) is 0 Å². The van der Waals surface area contributed by atoms with Crippen molar-refractivity contribution >= 4 is 17.0 Å². The van der Waals surface area contributed by atoms with Crippen LogP contribution < -0.4 is 4.90 Å². The molecule has 1 heterocycles. The smallest absolute Gasteiger partial charge is 0.0363 e. The van der Waals surface area contributed by atoms with Crippen molar-refractivity contribution in [3.8, 4) is 0 Å². The van der Waals surface area contributed by atoms with Crippen LogP contribution in [0.3, 0.4) is 0 Å². The third-order valence-corrected chi connectivity index (χ3v) is 3.68. The lowest BCUT2D eigenvalue weighted by atomic mass is 10.2. The van der Waals surface area contributed by atoms with Gasteiger partial charge in [0.1, 0.15) is 0 Å². The molecule has 0 atom stereocenters. The maximum atomic E-state index is 2.30. The maximum absolute atomic E-state index is 2.30. The summed E-state index contributed by atoms with van der Waals surface area (Å²) in [6.45, 7) is 3.19. The minimum absolute atomic E-state index is 1.07. The minimum Gasteiger partial charge on any atom is -0.374 e. The molecule has 0 spiro atoms. The van der Waals surface area contributed by atoms with Gasteiger partial charge >= 0.3 is 0 Å². The lowest BCUT2D eigenvalue weighted by Gasteiger charge is -2.18. The van der Waals surface area contributed by atoms with E-state index in [1.807, 2.05) is 11.3 Å². The summed E-state index contributed by atoms with van der Waals surface area (Å²) in [6.07, 6.45) is 1.13. The van der Waals surface area contributed by atoms with Crippen LogP contribution in [0.25, 0.3) is 0 Å². The Morgan fingerprint density at radius 2 is 1.88 bits per heavy atom. The first-order chi connectivity index (χ1) is 7.75. The Labute approximate surface area is 101 Å². The highest BCUT2D eigenvalue weighted by atomic mass is 32.1. The molecule has 0 N–H and O–H groups in total. The molecular weight excluding hydrogens is 214 g/mol. The third kappa shape index (κ3) is 2.86. The van der Waals surface area contributed by atoms with Crippen molar-refractivity contribution < 1.29 is 0 Å². The number of hydrogen-bond acceptors (Lipinski definition) is 2.